The Morgan fingerprint density at radius 1 is 1.25 bits per heavy atom. The average Bonchev–Trinajstić information content (AvgIpc) is 2.78. The first kappa shape index (κ1) is 11.2. The van der Waals surface area contributed by atoms with Gasteiger partial charge >= 0.3 is 0 Å². The summed E-state index contributed by atoms with van der Waals surface area (Å²) in [7, 11) is 1.68. The zero-order chi connectivity index (χ0) is 11.4. The maximum atomic E-state index is 5.53. The van der Waals surface area contributed by atoms with Crippen molar-refractivity contribution >= 4 is 11.3 Å². The van der Waals surface area contributed by atoms with E-state index in [-0.39, 0.29) is 0 Å². The molecule has 0 aliphatic rings. The van der Waals surface area contributed by atoms with Crippen LogP contribution < -0.4 is 10.5 Å². The molecule has 2 aromatic rings. The van der Waals surface area contributed by atoms with E-state index >= 15 is 0 Å². The molecule has 2 nitrogen and oxygen atoms in total. The number of hydrogen-bond donors (Lipinski definition) is 1. The fourth-order valence-electron chi connectivity index (χ4n) is 1.58. The number of benzene rings is 1. The maximum Gasteiger partial charge on any atom is 0.118 e. The van der Waals surface area contributed by atoms with Crippen molar-refractivity contribution in [1.82, 2.24) is 0 Å². The lowest BCUT2D eigenvalue weighted by atomic mass is 10.1. The summed E-state index contributed by atoms with van der Waals surface area (Å²) in [6.07, 6.45) is 0.951. The van der Waals surface area contributed by atoms with Crippen LogP contribution in [0.2, 0.25) is 0 Å². The second-order valence-corrected chi connectivity index (χ2v) is 4.50. The van der Waals surface area contributed by atoms with E-state index in [2.05, 4.69) is 23.6 Å². The van der Waals surface area contributed by atoms with Crippen LogP contribution in [0.1, 0.15) is 5.56 Å². The summed E-state index contributed by atoms with van der Waals surface area (Å²) < 4.78 is 5.14. The standard InChI is InChI=1S/C13H15NOS/c1-15-12-4-2-11(3-5-12)13-8-10(6-7-14)9-16-13/h2-5,8-9H,6-7,14H2,1H3. The van der Waals surface area contributed by atoms with Gasteiger partial charge in [0.2, 0.25) is 0 Å². The van der Waals surface area contributed by atoms with Crippen molar-refractivity contribution in [2.24, 2.45) is 5.73 Å². The molecule has 2 N–H and O–H groups in total. The molecule has 0 amide bonds. The topological polar surface area (TPSA) is 35.2 Å². The molecule has 0 radical (unpaired) electrons. The minimum absolute atomic E-state index is 0.707. The van der Waals surface area contributed by atoms with Crippen LogP contribution in [0.25, 0.3) is 10.4 Å². The Hall–Kier alpha value is -1.32. The summed E-state index contributed by atoms with van der Waals surface area (Å²) in [5.74, 6) is 0.891. The Kier molecular flexibility index (Phi) is 3.59. The summed E-state index contributed by atoms with van der Waals surface area (Å²) in [4.78, 5) is 1.28. The van der Waals surface area contributed by atoms with E-state index in [9.17, 15) is 0 Å². The molecule has 0 aliphatic heterocycles. The molecule has 0 bridgehead atoms. The van der Waals surface area contributed by atoms with Crippen LogP contribution in [-0.2, 0) is 6.42 Å². The molecule has 0 spiro atoms. The van der Waals surface area contributed by atoms with Gasteiger partial charge in [0.25, 0.3) is 0 Å². The minimum atomic E-state index is 0.707. The predicted octanol–water partition coefficient (Wildman–Crippen LogP) is 2.92. The van der Waals surface area contributed by atoms with Crippen LogP contribution in [0.5, 0.6) is 5.75 Å². The van der Waals surface area contributed by atoms with Crippen molar-refractivity contribution in [3.05, 3.63) is 41.3 Å². The smallest absolute Gasteiger partial charge is 0.118 e. The third kappa shape index (κ3) is 2.43. The second-order valence-electron chi connectivity index (χ2n) is 3.59. The van der Waals surface area contributed by atoms with Gasteiger partial charge in [0.1, 0.15) is 5.75 Å². The Balaban J connectivity index is 2.21. The normalized spacial score (nSPS) is 10.4. The van der Waals surface area contributed by atoms with E-state index in [0.29, 0.717) is 6.54 Å². The average molecular weight is 233 g/mol. The molecular weight excluding hydrogens is 218 g/mol. The van der Waals surface area contributed by atoms with Crippen LogP contribution in [-0.4, -0.2) is 13.7 Å². The van der Waals surface area contributed by atoms with Crippen LogP contribution in [0.4, 0.5) is 0 Å². The van der Waals surface area contributed by atoms with Gasteiger partial charge in [-0.3, -0.25) is 0 Å². The van der Waals surface area contributed by atoms with Gasteiger partial charge in [0.15, 0.2) is 0 Å². The van der Waals surface area contributed by atoms with E-state index in [1.165, 1.54) is 16.0 Å². The number of methoxy groups -OCH3 is 1. The Morgan fingerprint density at radius 2 is 2.00 bits per heavy atom. The van der Waals surface area contributed by atoms with E-state index in [0.717, 1.165) is 12.2 Å². The molecule has 1 aromatic heterocycles. The maximum absolute atomic E-state index is 5.53. The minimum Gasteiger partial charge on any atom is -0.497 e. The Bertz CT molecular complexity index is 447. The van der Waals surface area contributed by atoms with Gasteiger partial charge in [-0.05, 0) is 59.8 Å². The first-order valence-corrected chi connectivity index (χ1v) is 6.13. The quantitative estimate of drug-likeness (QED) is 0.881. The number of thiophene rings is 1. The van der Waals surface area contributed by atoms with Crippen molar-refractivity contribution in [2.75, 3.05) is 13.7 Å². The van der Waals surface area contributed by atoms with Crippen molar-refractivity contribution in [1.29, 1.82) is 0 Å². The first-order valence-electron chi connectivity index (χ1n) is 5.25. The van der Waals surface area contributed by atoms with Crippen molar-refractivity contribution in [3.8, 4) is 16.2 Å². The molecule has 16 heavy (non-hydrogen) atoms. The van der Waals surface area contributed by atoms with Gasteiger partial charge in [0.05, 0.1) is 7.11 Å². The van der Waals surface area contributed by atoms with Gasteiger partial charge in [-0.15, -0.1) is 11.3 Å². The molecule has 0 fully saturated rings. The lowest BCUT2D eigenvalue weighted by molar-refractivity contribution is 0.415. The molecule has 0 unspecified atom stereocenters. The molecule has 0 atom stereocenters. The monoisotopic (exact) mass is 233 g/mol. The van der Waals surface area contributed by atoms with Gasteiger partial charge in [-0.1, -0.05) is 0 Å². The highest BCUT2D eigenvalue weighted by molar-refractivity contribution is 7.13. The fourth-order valence-corrected chi connectivity index (χ4v) is 2.54. The Morgan fingerprint density at radius 3 is 2.62 bits per heavy atom. The van der Waals surface area contributed by atoms with Gasteiger partial charge in [0, 0.05) is 4.88 Å². The van der Waals surface area contributed by atoms with Gasteiger partial charge in [-0.25, -0.2) is 0 Å². The third-order valence-electron chi connectivity index (χ3n) is 2.46. The number of rotatable bonds is 4. The molecule has 3 heteroatoms. The fraction of sp³-hybridized carbons (Fsp3) is 0.231. The summed E-state index contributed by atoms with van der Waals surface area (Å²) >= 11 is 1.76. The van der Waals surface area contributed by atoms with E-state index in [1.54, 1.807) is 18.4 Å². The van der Waals surface area contributed by atoms with Crippen LogP contribution in [0, 0.1) is 0 Å². The summed E-state index contributed by atoms with van der Waals surface area (Å²) in [5, 5.41) is 2.17. The first-order chi connectivity index (χ1) is 7.83. The van der Waals surface area contributed by atoms with Crippen molar-refractivity contribution < 1.29 is 4.74 Å². The second kappa shape index (κ2) is 5.14. The zero-order valence-electron chi connectivity index (χ0n) is 9.27. The van der Waals surface area contributed by atoms with Crippen LogP contribution >= 0.6 is 11.3 Å². The van der Waals surface area contributed by atoms with Crippen LogP contribution in [0.15, 0.2) is 35.7 Å². The van der Waals surface area contributed by atoms with E-state index in [4.69, 9.17) is 10.5 Å². The molecule has 1 heterocycles. The van der Waals surface area contributed by atoms with Crippen molar-refractivity contribution in [3.63, 3.8) is 0 Å². The molecule has 2 rings (SSSR count). The van der Waals surface area contributed by atoms with Crippen LogP contribution in [0.3, 0.4) is 0 Å². The molecule has 84 valence electrons. The summed E-state index contributed by atoms with van der Waals surface area (Å²) in [5.41, 5.74) is 8.08. The van der Waals surface area contributed by atoms with E-state index in [1.807, 2.05) is 12.1 Å². The number of nitrogens with two attached hydrogens (primary N) is 1. The molecule has 0 aliphatic carbocycles. The largest absolute Gasteiger partial charge is 0.497 e. The molecule has 0 saturated heterocycles. The molecular formula is C13H15NOS. The Labute approximate surface area is 99.7 Å². The molecule has 0 saturated carbocycles. The highest BCUT2D eigenvalue weighted by Gasteiger charge is 2.02. The highest BCUT2D eigenvalue weighted by atomic mass is 32.1. The zero-order valence-corrected chi connectivity index (χ0v) is 10.1. The lowest BCUT2D eigenvalue weighted by Gasteiger charge is -2.00. The number of ether oxygens (including phenoxy) is 1. The van der Waals surface area contributed by atoms with Gasteiger partial charge in [-0.2, -0.15) is 0 Å². The lowest BCUT2D eigenvalue weighted by Crippen LogP contribution is -2.01. The third-order valence-corrected chi connectivity index (χ3v) is 3.49. The summed E-state index contributed by atoms with van der Waals surface area (Å²) in [6.45, 7) is 0.707. The van der Waals surface area contributed by atoms with E-state index < -0.39 is 0 Å². The SMILES string of the molecule is COc1ccc(-c2cc(CCN)cs2)cc1. The summed E-state index contributed by atoms with van der Waals surface area (Å²) in [6, 6.07) is 10.3. The van der Waals surface area contributed by atoms with Gasteiger partial charge < -0.3 is 10.5 Å². The predicted molar refractivity (Wildman–Crippen MR) is 69.1 cm³/mol. The molecule has 1 aromatic carbocycles. The van der Waals surface area contributed by atoms with Crippen molar-refractivity contribution in [2.45, 2.75) is 6.42 Å². The highest BCUT2D eigenvalue weighted by Crippen LogP contribution is 2.28. The number of hydrogen-bond acceptors (Lipinski definition) is 3.